The Morgan fingerprint density at radius 2 is 1.49 bits per heavy atom. The number of aromatic nitrogens is 2. The number of H-pyrrole nitrogens is 1. The average Bonchev–Trinajstić information content (AvgIpc) is 2.96. The average molecular weight is 607 g/mol. The fourth-order valence-corrected chi connectivity index (χ4v) is 3.07. The Balaban J connectivity index is 0.000000696. The molecule has 2 N–H and O–H groups in total. The molecule has 43 heavy (non-hydrogen) atoms. The van der Waals surface area contributed by atoms with E-state index >= 15 is 0 Å². The van der Waals surface area contributed by atoms with E-state index < -0.39 is 44.4 Å². The zero-order valence-corrected chi connectivity index (χ0v) is 25.1. The van der Waals surface area contributed by atoms with Gasteiger partial charge in [0.25, 0.3) is 5.56 Å². The first-order valence-corrected chi connectivity index (χ1v) is 12.9. The SMILES string of the molecule is C=CCC[C@@H](C)Oc1nc(C(=O)OC)c([N+](=O)[O-])cc1C.C=CCC[C@H](C)O.COC(=O)c1[nH]c(=O)c(C)cc1[N+](=O)[O-]. The Morgan fingerprint density at radius 1 is 0.977 bits per heavy atom. The highest BCUT2D eigenvalue weighted by Crippen LogP contribution is 2.26. The number of nitrogens with one attached hydrogen (secondary N) is 1. The molecule has 236 valence electrons. The van der Waals surface area contributed by atoms with E-state index in [1.807, 2.05) is 13.0 Å². The van der Waals surface area contributed by atoms with E-state index in [0.717, 1.165) is 46.0 Å². The Bertz CT molecular complexity index is 1350. The van der Waals surface area contributed by atoms with Gasteiger partial charge in [0.05, 0.1) is 36.3 Å². The van der Waals surface area contributed by atoms with Gasteiger partial charge in [0.2, 0.25) is 17.3 Å². The third-order valence-corrected chi connectivity index (χ3v) is 5.39. The first-order chi connectivity index (χ1) is 20.1. The Kier molecular flexibility index (Phi) is 17.0. The van der Waals surface area contributed by atoms with Gasteiger partial charge in [-0.3, -0.25) is 25.0 Å². The summed E-state index contributed by atoms with van der Waals surface area (Å²) in [5.41, 5.74) is -1.59. The molecule has 0 radical (unpaired) electrons. The van der Waals surface area contributed by atoms with Crippen LogP contribution in [0.2, 0.25) is 0 Å². The second-order valence-corrected chi connectivity index (χ2v) is 9.03. The molecule has 2 heterocycles. The van der Waals surface area contributed by atoms with Crippen molar-refractivity contribution in [3.63, 3.8) is 0 Å². The lowest BCUT2D eigenvalue weighted by atomic mass is 10.2. The van der Waals surface area contributed by atoms with Crippen molar-refractivity contribution in [2.45, 2.75) is 65.6 Å². The number of nitrogens with zero attached hydrogens (tertiary/aromatic N) is 3. The van der Waals surface area contributed by atoms with Crippen molar-refractivity contribution in [2.24, 2.45) is 0 Å². The summed E-state index contributed by atoms with van der Waals surface area (Å²) in [6.07, 6.45) is 6.52. The molecule has 2 atom stereocenters. The molecule has 15 nitrogen and oxygen atoms in total. The standard InChI is InChI=1S/C14H18N2O5.C8H8N2O5.C6H12O/c1-5-6-7-10(3)21-13-9(2)8-11(16(18)19)12(15-13)14(17)20-4;1-4-3-5(10(13)14)6(8(12)15-2)9-7(4)11;1-3-4-5-6(2)7/h5,8,10H,1,6-7H2,2-4H3;3H,1-2H3,(H,9,11);3,6-7H,1,4-5H2,2H3/t10-;;6-/m1.0/s1. The summed E-state index contributed by atoms with van der Waals surface area (Å²) in [7, 11) is 2.21. The minimum atomic E-state index is -0.946. The highest BCUT2D eigenvalue weighted by atomic mass is 16.6. The predicted molar refractivity (Wildman–Crippen MR) is 157 cm³/mol. The van der Waals surface area contributed by atoms with Crippen molar-refractivity contribution >= 4 is 23.3 Å². The molecule has 0 saturated carbocycles. The molecular weight excluding hydrogens is 568 g/mol. The van der Waals surface area contributed by atoms with E-state index in [2.05, 4.69) is 32.6 Å². The molecule has 15 heteroatoms. The Morgan fingerprint density at radius 3 is 1.93 bits per heavy atom. The number of carbonyl (C=O) groups excluding carboxylic acids is 2. The van der Waals surface area contributed by atoms with Crippen molar-refractivity contribution in [1.29, 1.82) is 0 Å². The van der Waals surface area contributed by atoms with Gasteiger partial charge in [-0.1, -0.05) is 12.2 Å². The van der Waals surface area contributed by atoms with Gasteiger partial charge >= 0.3 is 23.3 Å². The van der Waals surface area contributed by atoms with Crippen LogP contribution in [0.1, 0.15) is 71.6 Å². The van der Waals surface area contributed by atoms with Crippen LogP contribution in [0.3, 0.4) is 0 Å². The smallest absolute Gasteiger partial charge is 0.364 e. The van der Waals surface area contributed by atoms with Gasteiger partial charge in [0, 0.05) is 23.3 Å². The second kappa shape index (κ2) is 19.2. The molecule has 0 aromatic carbocycles. The zero-order valence-electron chi connectivity index (χ0n) is 25.1. The molecule has 2 rings (SSSR count). The quantitative estimate of drug-likeness (QED) is 0.147. The maximum absolute atomic E-state index is 11.6. The second-order valence-electron chi connectivity index (χ2n) is 9.03. The van der Waals surface area contributed by atoms with Crippen LogP contribution in [0.25, 0.3) is 0 Å². The number of nitro groups is 2. The van der Waals surface area contributed by atoms with Gasteiger partial charge in [-0.25, -0.2) is 9.59 Å². The van der Waals surface area contributed by atoms with Gasteiger partial charge in [0.1, 0.15) is 0 Å². The number of methoxy groups -OCH3 is 2. The van der Waals surface area contributed by atoms with E-state index in [1.165, 1.54) is 13.0 Å². The monoisotopic (exact) mass is 606 g/mol. The molecule has 0 bridgehead atoms. The predicted octanol–water partition coefficient (Wildman–Crippen LogP) is 4.53. The van der Waals surface area contributed by atoms with Crippen LogP contribution in [-0.2, 0) is 9.47 Å². The summed E-state index contributed by atoms with van der Waals surface area (Å²) >= 11 is 0. The minimum Gasteiger partial charge on any atom is -0.474 e. The van der Waals surface area contributed by atoms with Crippen LogP contribution in [0.4, 0.5) is 11.4 Å². The summed E-state index contributed by atoms with van der Waals surface area (Å²) in [5.74, 6) is -1.62. The van der Waals surface area contributed by atoms with E-state index in [9.17, 15) is 34.6 Å². The number of allylic oxidation sites excluding steroid dienone is 2. The first-order valence-electron chi connectivity index (χ1n) is 12.9. The van der Waals surface area contributed by atoms with E-state index in [4.69, 9.17) is 9.84 Å². The Labute approximate surface area is 248 Å². The normalized spacial score (nSPS) is 11.2. The highest BCUT2D eigenvalue weighted by molar-refractivity contribution is 5.92. The van der Waals surface area contributed by atoms with Gasteiger partial charge in [0.15, 0.2) is 0 Å². The summed E-state index contributed by atoms with van der Waals surface area (Å²) < 4.78 is 14.5. The van der Waals surface area contributed by atoms with Crippen LogP contribution in [0.15, 0.2) is 42.2 Å². The van der Waals surface area contributed by atoms with Crippen LogP contribution in [0.5, 0.6) is 5.88 Å². The lowest BCUT2D eigenvalue weighted by molar-refractivity contribution is -0.385. The van der Waals surface area contributed by atoms with Gasteiger partial charge in [-0.15, -0.1) is 13.2 Å². The summed E-state index contributed by atoms with van der Waals surface area (Å²) in [5, 5.41) is 30.2. The lowest BCUT2D eigenvalue weighted by Gasteiger charge is -2.15. The molecule has 0 aliphatic carbocycles. The maximum Gasteiger partial charge on any atom is 0.364 e. The van der Waals surface area contributed by atoms with Crippen LogP contribution in [0, 0.1) is 34.1 Å². The lowest BCUT2D eigenvalue weighted by Crippen LogP contribution is -2.18. The molecule has 0 amide bonds. The summed E-state index contributed by atoms with van der Waals surface area (Å²) in [4.78, 5) is 60.0. The highest BCUT2D eigenvalue weighted by Gasteiger charge is 2.26. The number of aliphatic hydroxyl groups excluding tert-OH is 1. The van der Waals surface area contributed by atoms with E-state index in [0.29, 0.717) is 5.56 Å². The number of carbonyl (C=O) groups is 2. The first kappa shape index (κ1) is 38.1. The molecular formula is C28H38N4O11. The third kappa shape index (κ3) is 13.1. The van der Waals surface area contributed by atoms with Crippen LogP contribution in [-0.4, -0.2) is 63.3 Å². The number of aryl methyl sites for hydroxylation is 2. The third-order valence-electron chi connectivity index (χ3n) is 5.39. The van der Waals surface area contributed by atoms with Crippen LogP contribution >= 0.6 is 0 Å². The van der Waals surface area contributed by atoms with Gasteiger partial charge in [-0.05, 0) is 53.4 Å². The molecule has 0 aliphatic rings. The molecule has 0 saturated heterocycles. The maximum atomic E-state index is 11.6. The van der Waals surface area contributed by atoms with E-state index in [1.54, 1.807) is 19.9 Å². The largest absolute Gasteiger partial charge is 0.474 e. The molecule has 2 aromatic heterocycles. The fraction of sp³-hybridized carbons (Fsp3) is 0.429. The van der Waals surface area contributed by atoms with Gasteiger partial charge in [-0.2, -0.15) is 4.98 Å². The minimum absolute atomic E-state index is 0.152. The zero-order chi connectivity index (χ0) is 33.3. The molecule has 0 fully saturated rings. The fourth-order valence-electron chi connectivity index (χ4n) is 3.07. The number of pyridine rings is 2. The van der Waals surface area contributed by atoms with Crippen molar-refractivity contribution in [2.75, 3.05) is 14.2 Å². The van der Waals surface area contributed by atoms with E-state index in [-0.39, 0.29) is 29.3 Å². The number of aromatic amines is 1. The van der Waals surface area contributed by atoms with Crippen molar-refractivity contribution in [1.82, 2.24) is 9.97 Å². The molecule has 0 spiro atoms. The van der Waals surface area contributed by atoms with Gasteiger partial charge < -0.3 is 24.3 Å². The molecule has 0 aliphatic heterocycles. The number of hydrogen-bond acceptors (Lipinski definition) is 12. The van der Waals surface area contributed by atoms with Crippen molar-refractivity contribution in [3.8, 4) is 5.88 Å². The molecule has 2 aromatic rings. The van der Waals surface area contributed by atoms with Crippen molar-refractivity contribution in [3.05, 3.63) is 90.5 Å². The number of rotatable bonds is 12. The number of aliphatic hydroxyl groups is 1. The van der Waals surface area contributed by atoms with Crippen LogP contribution < -0.4 is 10.3 Å². The number of ether oxygens (including phenoxy) is 3. The summed E-state index contributed by atoms with van der Waals surface area (Å²) in [6.45, 7) is 13.8. The summed E-state index contributed by atoms with van der Waals surface area (Å²) in [6, 6.07) is 2.29. The molecule has 0 unspecified atom stereocenters. The number of hydrogen-bond donors (Lipinski definition) is 2. The Hall–Kier alpha value is -4.92. The number of esters is 2. The topological polar surface area (TPSA) is 214 Å². The van der Waals surface area contributed by atoms with Crippen molar-refractivity contribution < 1.29 is 38.8 Å².